The van der Waals surface area contributed by atoms with Gasteiger partial charge in [0.2, 0.25) is 5.91 Å². The Morgan fingerprint density at radius 3 is 2.61 bits per heavy atom. The molecule has 5 rings (SSSR count). The zero-order valence-corrected chi connectivity index (χ0v) is 20.7. The smallest absolute Gasteiger partial charge is 0.326 e. The molecule has 0 bridgehead atoms. The minimum absolute atomic E-state index is 0.00834. The van der Waals surface area contributed by atoms with Crippen LogP contribution in [-0.2, 0) is 4.79 Å². The van der Waals surface area contributed by atoms with Crippen molar-refractivity contribution >= 4 is 28.5 Å². The Morgan fingerprint density at radius 1 is 1.08 bits per heavy atom. The summed E-state index contributed by atoms with van der Waals surface area (Å²) < 4.78 is 7.12. The van der Waals surface area contributed by atoms with Gasteiger partial charge in [0.15, 0.2) is 0 Å². The number of H-pyrrole nitrogens is 1. The van der Waals surface area contributed by atoms with E-state index in [2.05, 4.69) is 20.9 Å². The summed E-state index contributed by atoms with van der Waals surface area (Å²) in [5.41, 5.74) is 3.30. The van der Waals surface area contributed by atoms with Crippen LogP contribution in [0.25, 0.3) is 11.0 Å². The summed E-state index contributed by atoms with van der Waals surface area (Å²) in [6.07, 6.45) is 3.70. The lowest BCUT2D eigenvalue weighted by Gasteiger charge is -2.28. The van der Waals surface area contributed by atoms with Gasteiger partial charge >= 0.3 is 5.69 Å². The number of anilines is 1. The number of hydrogen-bond acceptors (Lipinski definition) is 5. The maximum atomic E-state index is 13.0. The van der Waals surface area contributed by atoms with Crippen molar-refractivity contribution in [1.82, 2.24) is 20.2 Å². The molecule has 2 aromatic carbocycles. The van der Waals surface area contributed by atoms with E-state index in [0.717, 1.165) is 42.0 Å². The molecule has 1 saturated heterocycles. The van der Waals surface area contributed by atoms with Gasteiger partial charge in [0, 0.05) is 36.3 Å². The average molecular weight is 492 g/mol. The highest BCUT2D eigenvalue weighted by Gasteiger charge is 2.30. The number of nitrogens with zero attached hydrogens (tertiary/aromatic N) is 1. The van der Waals surface area contributed by atoms with Gasteiger partial charge in [-0.3, -0.25) is 14.2 Å². The van der Waals surface area contributed by atoms with E-state index < -0.39 is 0 Å². The second kappa shape index (κ2) is 10.2. The second-order valence-electron chi connectivity index (χ2n) is 9.84. The fourth-order valence-corrected chi connectivity index (χ4v) is 5.48. The maximum Gasteiger partial charge on any atom is 0.326 e. The third kappa shape index (κ3) is 4.75. The average Bonchev–Trinajstić information content (AvgIpc) is 3.51. The molecular weight excluding hydrogens is 458 g/mol. The highest BCUT2D eigenvalue weighted by atomic mass is 16.5. The van der Waals surface area contributed by atoms with Crippen LogP contribution in [0.2, 0.25) is 0 Å². The quantitative estimate of drug-likeness (QED) is 0.423. The molecular formula is C27H33N5O4. The van der Waals surface area contributed by atoms with Crippen molar-refractivity contribution in [3.63, 3.8) is 0 Å². The van der Waals surface area contributed by atoms with Crippen molar-refractivity contribution in [3.8, 4) is 5.75 Å². The van der Waals surface area contributed by atoms with Gasteiger partial charge in [-0.25, -0.2) is 4.79 Å². The van der Waals surface area contributed by atoms with E-state index in [4.69, 9.17) is 4.74 Å². The second-order valence-corrected chi connectivity index (χ2v) is 9.84. The number of amides is 2. The number of hydrogen-bond donors (Lipinski definition) is 4. The first-order valence-electron chi connectivity index (χ1n) is 12.6. The maximum absolute atomic E-state index is 13.0. The van der Waals surface area contributed by atoms with Crippen LogP contribution in [-0.4, -0.2) is 47.6 Å². The standard InChI is InChI=1S/C27H33N5O4/c1-16-6-9-18(14-23(16)36-2)29-25(33)17-7-10-20(11-8-17)32-22-5-3-4-21(24(22)31-27(32)35)26(34)30-19-12-13-28-15-19/h3-6,9,14,17,19-20,28H,7-8,10-13,15H2,1-2H3,(H,29,33)(H,30,34)(H,31,35)/t17-,19?,20+. The Bertz CT molecular complexity index is 1330. The number of carbonyl (C=O) groups is 2. The molecule has 0 spiro atoms. The monoisotopic (exact) mass is 491 g/mol. The van der Waals surface area contributed by atoms with Gasteiger partial charge in [-0.05, 0) is 69.3 Å². The molecule has 9 nitrogen and oxygen atoms in total. The molecule has 4 N–H and O–H groups in total. The van der Waals surface area contributed by atoms with Crippen LogP contribution in [0.4, 0.5) is 5.69 Å². The molecule has 1 saturated carbocycles. The lowest BCUT2D eigenvalue weighted by molar-refractivity contribution is -0.121. The molecule has 1 aliphatic carbocycles. The molecule has 1 atom stereocenters. The van der Waals surface area contributed by atoms with Crippen LogP contribution < -0.4 is 26.4 Å². The lowest BCUT2D eigenvalue weighted by atomic mass is 9.85. The molecule has 2 fully saturated rings. The minimum Gasteiger partial charge on any atom is -0.496 e. The van der Waals surface area contributed by atoms with Crippen molar-refractivity contribution in [2.24, 2.45) is 5.92 Å². The van der Waals surface area contributed by atoms with Crippen molar-refractivity contribution in [2.45, 2.75) is 51.1 Å². The third-order valence-corrected chi connectivity index (χ3v) is 7.50. The molecule has 1 unspecified atom stereocenters. The van der Waals surface area contributed by atoms with Crippen LogP contribution in [0.15, 0.2) is 41.2 Å². The molecule has 3 aromatic rings. The first kappa shape index (κ1) is 24.1. The number of imidazole rings is 1. The molecule has 2 aliphatic rings. The predicted molar refractivity (Wildman–Crippen MR) is 139 cm³/mol. The SMILES string of the molecule is COc1cc(NC(=O)[C@H]2CC[C@@H](n3c(=O)[nH]c4c(C(=O)NC5CCNC5)cccc43)CC2)ccc1C. The van der Waals surface area contributed by atoms with Gasteiger partial charge in [-0.1, -0.05) is 12.1 Å². The number of fused-ring (bicyclic) bond motifs is 1. The zero-order valence-electron chi connectivity index (χ0n) is 20.7. The van der Waals surface area contributed by atoms with Gasteiger partial charge in [0.25, 0.3) is 5.91 Å². The van der Waals surface area contributed by atoms with Gasteiger partial charge in [-0.15, -0.1) is 0 Å². The number of benzene rings is 2. The Morgan fingerprint density at radius 2 is 1.89 bits per heavy atom. The van der Waals surface area contributed by atoms with Crippen LogP contribution in [0.3, 0.4) is 0 Å². The Labute approximate surface area is 209 Å². The number of aromatic amines is 1. The summed E-state index contributed by atoms with van der Waals surface area (Å²) >= 11 is 0. The van der Waals surface area contributed by atoms with E-state index in [1.165, 1.54) is 0 Å². The van der Waals surface area contributed by atoms with Crippen LogP contribution >= 0.6 is 0 Å². The minimum atomic E-state index is -0.215. The van der Waals surface area contributed by atoms with Gasteiger partial charge < -0.3 is 25.7 Å². The fraction of sp³-hybridized carbons (Fsp3) is 0.444. The number of nitrogens with one attached hydrogen (secondary N) is 4. The third-order valence-electron chi connectivity index (χ3n) is 7.50. The largest absolute Gasteiger partial charge is 0.496 e. The number of ether oxygens (including phenoxy) is 1. The Balaban J connectivity index is 1.28. The van der Waals surface area contributed by atoms with E-state index >= 15 is 0 Å². The van der Waals surface area contributed by atoms with E-state index in [9.17, 15) is 14.4 Å². The van der Waals surface area contributed by atoms with E-state index in [0.29, 0.717) is 36.8 Å². The first-order chi connectivity index (χ1) is 17.4. The first-order valence-corrected chi connectivity index (χ1v) is 12.6. The summed E-state index contributed by atoms with van der Waals surface area (Å²) in [6.45, 7) is 3.61. The molecule has 1 aromatic heterocycles. The zero-order chi connectivity index (χ0) is 25.2. The predicted octanol–water partition coefficient (Wildman–Crippen LogP) is 3.11. The number of methoxy groups -OCH3 is 1. The number of aromatic nitrogens is 2. The highest BCUT2D eigenvalue weighted by Crippen LogP contribution is 2.34. The normalized spacial score (nSPS) is 21.9. The number of aryl methyl sites for hydroxylation is 1. The van der Waals surface area contributed by atoms with Gasteiger partial charge in [0.05, 0.1) is 23.7 Å². The van der Waals surface area contributed by atoms with Crippen molar-refractivity contribution < 1.29 is 14.3 Å². The summed E-state index contributed by atoms with van der Waals surface area (Å²) in [5.74, 6) is 0.445. The van der Waals surface area contributed by atoms with Crippen molar-refractivity contribution in [2.75, 3.05) is 25.5 Å². The molecule has 0 radical (unpaired) electrons. The van der Waals surface area contributed by atoms with Crippen molar-refractivity contribution in [3.05, 3.63) is 58.0 Å². The summed E-state index contributed by atoms with van der Waals surface area (Å²) in [7, 11) is 1.62. The van der Waals surface area contributed by atoms with Crippen LogP contribution in [0.1, 0.15) is 54.1 Å². The van der Waals surface area contributed by atoms with Crippen LogP contribution in [0.5, 0.6) is 5.75 Å². The number of para-hydroxylation sites is 1. The topological polar surface area (TPSA) is 117 Å². The van der Waals surface area contributed by atoms with Crippen molar-refractivity contribution in [1.29, 1.82) is 0 Å². The summed E-state index contributed by atoms with van der Waals surface area (Å²) in [5, 5.41) is 9.31. The Kier molecular flexibility index (Phi) is 6.82. The van der Waals surface area contributed by atoms with Crippen LogP contribution in [0, 0.1) is 12.8 Å². The lowest BCUT2D eigenvalue weighted by Crippen LogP contribution is -2.36. The molecule has 2 amide bonds. The number of carbonyl (C=O) groups excluding carboxylic acids is 2. The summed E-state index contributed by atoms with van der Waals surface area (Å²) in [4.78, 5) is 41.7. The number of rotatable bonds is 6. The Hall–Kier alpha value is -3.59. The molecule has 36 heavy (non-hydrogen) atoms. The van der Waals surface area contributed by atoms with E-state index in [-0.39, 0.29) is 35.5 Å². The van der Waals surface area contributed by atoms with E-state index in [1.807, 2.05) is 37.3 Å². The molecule has 2 heterocycles. The van der Waals surface area contributed by atoms with Gasteiger partial charge in [-0.2, -0.15) is 0 Å². The summed E-state index contributed by atoms with van der Waals surface area (Å²) in [6, 6.07) is 11.2. The van der Waals surface area contributed by atoms with E-state index in [1.54, 1.807) is 17.7 Å². The molecule has 1 aliphatic heterocycles. The molecule has 190 valence electrons. The molecule has 9 heteroatoms. The fourth-order valence-electron chi connectivity index (χ4n) is 5.48. The highest BCUT2D eigenvalue weighted by molar-refractivity contribution is 6.05. The van der Waals surface area contributed by atoms with Gasteiger partial charge in [0.1, 0.15) is 5.75 Å².